The Hall–Kier alpha value is -0.380. The van der Waals surface area contributed by atoms with Crippen molar-refractivity contribution in [3.05, 3.63) is 11.6 Å². The second kappa shape index (κ2) is 5.81. The molecule has 4 fully saturated rings. The molecule has 2 bridgehead atoms. The van der Waals surface area contributed by atoms with Gasteiger partial charge in [-0.25, -0.2) is 0 Å². The van der Waals surface area contributed by atoms with Gasteiger partial charge in [0.05, 0.1) is 12.2 Å². The number of rotatable bonds is 3. The molecule has 1 N–H and O–H groups in total. The zero-order valence-corrected chi connectivity index (χ0v) is 16.4. The molecule has 2 unspecified atom stereocenters. The molecule has 25 heavy (non-hydrogen) atoms. The molecule has 0 aromatic carbocycles. The SMILES string of the molecule is CO[C@@H]1CCC23CC[C@H]4C[C@@]4(C12)[C@H](O)C[C@@](C)(CC=CCl)C(=O)[C@@H]3C. The number of hydrogen-bond donors (Lipinski definition) is 1. The normalized spacial score (nSPS) is 54.8. The third-order valence-electron chi connectivity index (χ3n) is 8.70. The molecule has 0 radical (unpaired) electrons. The van der Waals surface area contributed by atoms with Crippen LogP contribution in [-0.4, -0.2) is 30.2 Å². The molecule has 4 saturated carbocycles. The Morgan fingerprint density at radius 1 is 1.32 bits per heavy atom. The van der Waals surface area contributed by atoms with Gasteiger partial charge in [0.25, 0.3) is 0 Å². The summed E-state index contributed by atoms with van der Waals surface area (Å²) in [5.74, 6) is 1.30. The summed E-state index contributed by atoms with van der Waals surface area (Å²) in [6.07, 6.45) is 8.31. The Morgan fingerprint density at radius 2 is 2.04 bits per heavy atom. The molecule has 0 aliphatic heterocycles. The number of hydrogen-bond acceptors (Lipinski definition) is 3. The van der Waals surface area contributed by atoms with Gasteiger partial charge in [-0.15, -0.1) is 0 Å². The minimum atomic E-state index is -0.523. The Labute approximate surface area is 156 Å². The zero-order chi connectivity index (χ0) is 18.0. The molecule has 0 amide bonds. The van der Waals surface area contributed by atoms with Crippen LogP contribution in [0.1, 0.15) is 58.8 Å². The van der Waals surface area contributed by atoms with Crippen molar-refractivity contribution in [1.82, 2.24) is 0 Å². The minimum absolute atomic E-state index is 0.0120. The first-order valence-electron chi connectivity index (χ1n) is 9.86. The van der Waals surface area contributed by atoms with Crippen molar-refractivity contribution in [3.8, 4) is 0 Å². The van der Waals surface area contributed by atoms with E-state index in [1.807, 2.05) is 13.0 Å². The van der Waals surface area contributed by atoms with E-state index in [2.05, 4.69) is 6.92 Å². The summed E-state index contributed by atoms with van der Waals surface area (Å²) in [5, 5.41) is 11.4. The van der Waals surface area contributed by atoms with E-state index in [4.69, 9.17) is 16.3 Å². The van der Waals surface area contributed by atoms with Crippen LogP contribution in [0.3, 0.4) is 0 Å². The van der Waals surface area contributed by atoms with Gasteiger partial charge in [0.2, 0.25) is 0 Å². The van der Waals surface area contributed by atoms with Crippen LogP contribution in [0.25, 0.3) is 0 Å². The molecule has 0 heterocycles. The van der Waals surface area contributed by atoms with Crippen LogP contribution < -0.4 is 0 Å². The van der Waals surface area contributed by atoms with Crippen molar-refractivity contribution in [2.75, 3.05) is 7.11 Å². The van der Waals surface area contributed by atoms with E-state index in [1.54, 1.807) is 7.11 Å². The van der Waals surface area contributed by atoms with Crippen molar-refractivity contribution < 1.29 is 14.6 Å². The van der Waals surface area contributed by atoms with Gasteiger partial charge in [-0.3, -0.25) is 4.79 Å². The second-order valence-electron chi connectivity index (χ2n) is 9.51. The first-order valence-corrected chi connectivity index (χ1v) is 10.3. The Balaban J connectivity index is 1.81. The standard InChI is InChI=1S/C21H31ClO3/c1-13-18(24)19(2,7-4-10-22)12-16(23)21-11-14(21)5-8-20(13)9-6-15(25-3)17(20)21/h4,10,13-17,23H,5-9,11-12H2,1-3H3/t13-,14-,15+,16+,17?,19+,20?,21-/m0/s1. The van der Waals surface area contributed by atoms with Crippen molar-refractivity contribution in [2.45, 2.75) is 71.0 Å². The maximum Gasteiger partial charge on any atom is 0.142 e. The smallest absolute Gasteiger partial charge is 0.142 e. The molecule has 0 aromatic heterocycles. The molecular formula is C21H31ClO3. The number of aliphatic hydroxyl groups is 1. The quantitative estimate of drug-likeness (QED) is 0.809. The van der Waals surface area contributed by atoms with E-state index in [0.29, 0.717) is 30.5 Å². The predicted octanol–water partition coefficient (Wildman–Crippen LogP) is 4.32. The molecule has 0 aromatic rings. The molecule has 4 aliphatic rings. The third kappa shape index (κ3) is 2.21. The highest BCUT2D eigenvalue weighted by atomic mass is 35.5. The van der Waals surface area contributed by atoms with Crippen molar-refractivity contribution >= 4 is 17.4 Å². The van der Waals surface area contributed by atoms with Crippen LogP contribution in [0.15, 0.2) is 11.6 Å². The summed E-state index contributed by atoms with van der Waals surface area (Å²) in [6.45, 7) is 4.19. The van der Waals surface area contributed by atoms with Crippen LogP contribution in [0, 0.1) is 34.0 Å². The van der Waals surface area contributed by atoms with E-state index >= 15 is 0 Å². The first kappa shape index (κ1) is 18.0. The Kier molecular flexibility index (Phi) is 4.18. The molecule has 3 nitrogen and oxygen atoms in total. The number of Topliss-reactive ketones (excluding diaryl/α,β-unsaturated/α-hetero) is 1. The van der Waals surface area contributed by atoms with Crippen LogP contribution in [0.5, 0.6) is 0 Å². The summed E-state index contributed by atoms with van der Waals surface area (Å²) in [4.78, 5) is 13.6. The summed E-state index contributed by atoms with van der Waals surface area (Å²) >= 11 is 5.76. The molecule has 0 saturated heterocycles. The number of carbonyl (C=O) groups excluding carboxylic acids is 1. The summed E-state index contributed by atoms with van der Waals surface area (Å²) in [6, 6.07) is 0. The largest absolute Gasteiger partial charge is 0.392 e. The number of ether oxygens (including phenoxy) is 1. The average molecular weight is 367 g/mol. The highest BCUT2D eigenvalue weighted by Gasteiger charge is 2.75. The summed E-state index contributed by atoms with van der Waals surface area (Å²) < 4.78 is 5.90. The van der Waals surface area contributed by atoms with E-state index in [1.165, 1.54) is 12.0 Å². The predicted molar refractivity (Wildman–Crippen MR) is 98.2 cm³/mol. The fourth-order valence-electron chi connectivity index (χ4n) is 7.39. The average Bonchev–Trinajstić information content (AvgIpc) is 3.24. The van der Waals surface area contributed by atoms with Crippen molar-refractivity contribution in [2.24, 2.45) is 34.0 Å². The molecular weight excluding hydrogens is 336 g/mol. The first-order chi connectivity index (χ1) is 11.9. The van der Waals surface area contributed by atoms with E-state index in [-0.39, 0.29) is 22.9 Å². The summed E-state index contributed by atoms with van der Waals surface area (Å²) in [5.41, 5.74) is 0.976. The van der Waals surface area contributed by atoms with Gasteiger partial charge in [0.15, 0.2) is 0 Å². The van der Waals surface area contributed by atoms with Gasteiger partial charge in [0.1, 0.15) is 5.78 Å². The van der Waals surface area contributed by atoms with Gasteiger partial charge < -0.3 is 9.84 Å². The van der Waals surface area contributed by atoms with E-state index in [0.717, 1.165) is 25.7 Å². The third-order valence-corrected chi connectivity index (χ3v) is 8.88. The van der Waals surface area contributed by atoms with E-state index < -0.39 is 11.5 Å². The molecule has 4 aliphatic carbocycles. The fraction of sp³-hybridized carbons (Fsp3) is 0.857. The lowest BCUT2D eigenvalue weighted by atomic mass is 9.50. The van der Waals surface area contributed by atoms with Crippen LogP contribution in [0.4, 0.5) is 0 Å². The highest BCUT2D eigenvalue weighted by molar-refractivity contribution is 6.25. The number of halogens is 1. The van der Waals surface area contributed by atoms with Gasteiger partial charge >= 0.3 is 0 Å². The Bertz CT molecular complexity index is 604. The maximum absolute atomic E-state index is 13.6. The number of carbonyl (C=O) groups is 1. The maximum atomic E-state index is 13.6. The monoisotopic (exact) mass is 366 g/mol. The highest BCUT2D eigenvalue weighted by Crippen LogP contribution is 2.77. The van der Waals surface area contributed by atoms with Crippen LogP contribution in [0.2, 0.25) is 0 Å². The van der Waals surface area contributed by atoms with E-state index in [9.17, 15) is 9.90 Å². The summed E-state index contributed by atoms with van der Waals surface area (Å²) in [7, 11) is 1.81. The topological polar surface area (TPSA) is 46.5 Å². The van der Waals surface area contributed by atoms with Crippen LogP contribution >= 0.6 is 11.6 Å². The molecule has 4 rings (SSSR count). The minimum Gasteiger partial charge on any atom is -0.392 e. The lowest BCUT2D eigenvalue weighted by molar-refractivity contribution is -0.159. The van der Waals surface area contributed by atoms with Crippen molar-refractivity contribution in [1.29, 1.82) is 0 Å². The van der Waals surface area contributed by atoms with Crippen LogP contribution in [-0.2, 0) is 9.53 Å². The molecule has 1 spiro atoms. The Morgan fingerprint density at radius 3 is 2.72 bits per heavy atom. The molecule has 140 valence electrons. The van der Waals surface area contributed by atoms with Crippen molar-refractivity contribution in [3.63, 3.8) is 0 Å². The fourth-order valence-corrected chi connectivity index (χ4v) is 7.48. The second-order valence-corrected chi connectivity index (χ2v) is 9.76. The number of ketones is 1. The lowest BCUT2D eigenvalue weighted by Crippen LogP contribution is -2.56. The van der Waals surface area contributed by atoms with Gasteiger partial charge in [-0.2, -0.15) is 0 Å². The molecule has 4 heteroatoms. The number of aliphatic hydroxyl groups excluding tert-OH is 1. The van der Waals surface area contributed by atoms with Gasteiger partial charge in [-0.05, 0) is 62.2 Å². The molecule has 8 atom stereocenters. The number of methoxy groups -OCH3 is 1. The zero-order valence-electron chi connectivity index (χ0n) is 15.6. The van der Waals surface area contributed by atoms with Gasteiger partial charge in [-0.1, -0.05) is 31.5 Å². The lowest BCUT2D eigenvalue weighted by Gasteiger charge is -2.54. The number of allylic oxidation sites excluding steroid dienone is 1. The van der Waals surface area contributed by atoms with Gasteiger partial charge in [0, 0.05) is 29.4 Å².